The van der Waals surface area contributed by atoms with Crippen molar-refractivity contribution < 1.29 is 0 Å². The number of rotatable bonds is 1. The van der Waals surface area contributed by atoms with E-state index in [1.54, 1.807) is 19.1 Å². The normalized spacial score (nSPS) is 12.9. The van der Waals surface area contributed by atoms with E-state index in [1.165, 1.54) is 0 Å². The zero-order valence-electron chi connectivity index (χ0n) is 12.0. The smallest absolute Gasteiger partial charge is 0.131 e. The number of aliphatic imine (C=N–C) groups is 1. The number of fused-ring (bicyclic) bond motifs is 1. The molecule has 0 spiro atoms. The molecule has 0 saturated heterocycles. The zero-order chi connectivity index (χ0) is 15.5. The molecule has 5 heteroatoms. The number of nitrogens with one attached hydrogen (secondary N) is 1. The van der Waals surface area contributed by atoms with Crippen molar-refractivity contribution in [3.63, 3.8) is 0 Å². The summed E-state index contributed by atoms with van der Waals surface area (Å²) in [6.45, 7) is 1.81. The van der Waals surface area contributed by atoms with E-state index in [0.717, 1.165) is 17.7 Å². The minimum absolute atomic E-state index is 0.567. The summed E-state index contributed by atoms with van der Waals surface area (Å²) in [5, 5.41) is 12.7. The van der Waals surface area contributed by atoms with Crippen LogP contribution < -0.4 is 5.32 Å². The highest BCUT2D eigenvalue weighted by atomic mass is 35.5. The SMILES string of the molecule is Cc1nc(NC2=Nc3c(Cl)cccc3CC=C2)ccc1C#N. The van der Waals surface area contributed by atoms with Gasteiger partial charge in [0.1, 0.15) is 17.7 Å². The fraction of sp³-hybridized carbons (Fsp3) is 0.118. The molecule has 1 aliphatic heterocycles. The van der Waals surface area contributed by atoms with Crippen LogP contribution in [0.3, 0.4) is 0 Å². The molecule has 2 heterocycles. The Morgan fingerprint density at radius 3 is 2.91 bits per heavy atom. The summed E-state index contributed by atoms with van der Waals surface area (Å²) < 4.78 is 0. The summed E-state index contributed by atoms with van der Waals surface area (Å²) in [7, 11) is 0. The average Bonchev–Trinajstić information content (AvgIpc) is 2.71. The highest BCUT2D eigenvalue weighted by molar-refractivity contribution is 6.33. The van der Waals surface area contributed by atoms with E-state index < -0.39 is 0 Å². The van der Waals surface area contributed by atoms with Gasteiger partial charge >= 0.3 is 0 Å². The van der Waals surface area contributed by atoms with Gasteiger partial charge < -0.3 is 5.32 Å². The molecule has 108 valence electrons. The maximum atomic E-state index is 8.95. The summed E-state index contributed by atoms with van der Waals surface area (Å²) in [5.41, 5.74) is 3.12. The number of para-hydroxylation sites is 1. The van der Waals surface area contributed by atoms with Crippen LogP contribution in [0.25, 0.3) is 0 Å². The van der Waals surface area contributed by atoms with Gasteiger partial charge in [-0.05, 0) is 43.2 Å². The van der Waals surface area contributed by atoms with Crippen molar-refractivity contribution >= 4 is 28.9 Å². The standard InChI is InChI=1S/C17H13ClN4/c1-11-13(10-19)8-9-16(20-11)21-15-7-3-5-12-4-2-6-14(18)17(12)22-15/h2-4,6-9H,5H2,1H3,(H,20,21,22). The summed E-state index contributed by atoms with van der Waals surface area (Å²) in [4.78, 5) is 8.95. The topological polar surface area (TPSA) is 61.1 Å². The molecule has 0 unspecified atom stereocenters. The Kier molecular flexibility index (Phi) is 3.90. The van der Waals surface area contributed by atoms with E-state index in [2.05, 4.69) is 21.4 Å². The van der Waals surface area contributed by atoms with Crippen LogP contribution in [0.5, 0.6) is 0 Å². The average molecular weight is 309 g/mol. The number of amidine groups is 1. The number of nitriles is 1. The lowest BCUT2D eigenvalue weighted by atomic mass is 10.1. The van der Waals surface area contributed by atoms with Gasteiger partial charge in [0.15, 0.2) is 0 Å². The molecular weight excluding hydrogens is 296 g/mol. The number of aryl methyl sites for hydroxylation is 1. The van der Waals surface area contributed by atoms with Crippen LogP contribution in [0.15, 0.2) is 47.5 Å². The Morgan fingerprint density at radius 1 is 1.27 bits per heavy atom. The van der Waals surface area contributed by atoms with Crippen LogP contribution in [-0.4, -0.2) is 10.8 Å². The molecule has 0 aliphatic carbocycles. The van der Waals surface area contributed by atoms with Crippen LogP contribution in [0.1, 0.15) is 16.8 Å². The fourth-order valence-corrected chi connectivity index (χ4v) is 2.49. The highest BCUT2D eigenvalue weighted by Crippen LogP contribution is 2.31. The summed E-state index contributed by atoms with van der Waals surface area (Å²) in [5.74, 6) is 1.32. The van der Waals surface area contributed by atoms with Gasteiger partial charge in [-0.15, -0.1) is 0 Å². The third-order valence-electron chi connectivity index (χ3n) is 3.38. The molecule has 0 bridgehead atoms. The molecule has 1 aliphatic rings. The first kappa shape index (κ1) is 14.3. The van der Waals surface area contributed by atoms with Gasteiger partial charge in [-0.3, -0.25) is 0 Å². The van der Waals surface area contributed by atoms with E-state index >= 15 is 0 Å². The summed E-state index contributed by atoms with van der Waals surface area (Å²) in [6, 6.07) is 11.4. The molecule has 0 atom stereocenters. The molecule has 22 heavy (non-hydrogen) atoms. The predicted molar refractivity (Wildman–Crippen MR) is 88.7 cm³/mol. The molecule has 0 fully saturated rings. The van der Waals surface area contributed by atoms with Crippen LogP contribution in [-0.2, 0) is 6.42 Å². The quantitative estimate of drug-likeness (QED) is 0.860. The Morgan fingerprint density at radius 2 is 2.14 bits per heavy atom. The van der Waals surface area contributed by atoms with E-state index in [9.17, 15) is 0 Å². The maximum Gasteiger partial charge on any atom is 0.131 e. The zero-order valence-corrected chi connectivity index (χ0v) is 12.7. The van der Waals surface area contributed by atoms with Crippen molar-refractivity contribution in [3.05, 3.63) is 64.3 Å². The number of benzene rings is 1. The number of halogens is 1. The molecule has 1 aromatic carbocycles. The van der Waals surface area contributed by atoms with Crippen molar-refractivity contribution in [2.75, 3.05) is 5.32 Å². The minimum atomic E-state index is 0.567. The monoisotopic (exact) mass is 308 g/mol. The maximum absolute atomic E-state index is 8.95. The molecule has 4 nitrogen and oxygen atoms in total. The third kappa shape index (κ3) is 2.85. The van der Waals surface area contributed by atoms with Gasteiger partial charge in [-0.25, -0.2) is 9.98 Å². The Balaban J connectivity index is 1.94. The number of aromatic nitrogens is 1. The Labute approximate surface area is 133 Å². The molecule has 0 saturated carbocycles. The first-order chi connectivity index (χ1) is 10.7. The van der Waals surface area contributed by atoms with E-state index in [4.69, 9.17) is 16.9 Å². The lowest BCUT2D eigenvalue weighted by Gasteiger charge is -2.08. The number of hydrogen-bond donors (Lipinski definition) is 1. The van der Waals surface area contributed by atoms with Crippen LogP contribution in [0.4, 0.5) is 11.5 Å². The van der Waals surface area contributed by atoms with Gasteiger partial charge in [0.25, 0.3) is 0 Å². The molecule has 0 radical (unpaired) electrons. The minimum Gasteiger partial charge on any atom is -0.325 e. The van der Waals surface area contributed by atoms with Gasteiger partial charge in [-0.1, -0.05) is 29.8 Å². The van der Waals surface area contributed by atoms with Gasteiger partial charge in [0.2, 0.25) is 0 Å². The number of anilines is 1. The molecule has 0 amide bonds. The van der Waals surface area contributed by atoms with Crippen molar-refractivity contribution in [3.8, 4) is 6.07 Å². The second kappa shape index (κ2) is 6.00. The second-order valence-electron chi connectivity index (χ2n) is 4.92. The van der Waals surface area contributed by atoms with Gasteiger partial charge in [0, 0.05) is 0 Å². The second-order valence-corrected chi connectivity index (χ2v) is 5.32. The van der Waals surface area contributed by atoms with E-state index in [-0.39, 0.29) is 0 Å². The largest absolute Gasteiger partial charge is 0.325 e. The summed E-state index contributed by atoms with van der Waals surface area (Å²) >= 11 is 6.23. The van der Waals surface area contributed by atoms with Crippen molar-refractivity contribution in [1.82, 2.24) is 4.98 Å². The van der Waals surface area contributed by atoms with Gasteiger partial charge in [-0.2, -0.15) is 5.26 Å². The van der Waals surface area contributed by atoms with Gasteiger partial charge in [0.05, 0.1) is 22.0 Å². The molecule has 1 N–H and O–H groups in total. The Bertz CT molecular complexity index is 831. The van der Waals surface area contributed by atoms with E-state index in [1.807, 2.05) is 30.4 Å². The summed E-state index contributed by atoms with van der Waals surface area (Å²) in [6.07, 6.45) is 4.72. The number of allylic oxidation sites excluding steroid dienone is 1. The third-order valence-corrected chi connectivity index (χ3v) is 3.68. The van der Waals surface area contributed by atoms with Crippen LogP contribution >= 0.6 is 11.6 Å². The molecule has 3 rings (SSSR count). The number of hydrogen-bond acceptors (Lipinski definition) is 4. The lowest BCUT2D eigenvalue weighted by molar-refractivity contribution is 1.18. The highest BCUT2D eigenvalue weighted by Gasteiger charge is 2.10. The fourth-order valence-electron chi connectivity index (χ4n) is 2.25. The first-order valence-corrected chi connectivity index (χ1v) is 7.22. The van der Waals surface area contributed by atoms with Crippen LogP contribution in [0, 0.1) is 18.3 Å². The molecular formula is C17H13ClN4. The van der Waals surface area contributed by atoms with E-state index in [0.29, 0.717) is 27.9 Å². The number of nitrogens with zero attached hydrogens (tertiary/aromatic N) is 3. The lowest BCUT2D eigenvalue weighted by Crippen LogP contribution is -2.10. The van der Waals surface area contributed by atoms with Crippen molar-refractivity contribution in [1.29, 1.82) is 5.26 Å². The van der Waals surface area contributed by atoms with Crippen molar-refractivity contribution in [2.45, 2.75) is 13.3 Å². The van der Waals surface area contributed by atoms with Crippen LogP contribution in [0.2, 0.25) is 5.02 Å². The molecule has 2 aromatic rings. The Hall–Kier alpha value is -2.64. The van der Waals surface area contributed by atoms with Crippen molar-refractivity contribution in [2.24, 2.45) is 4.99 Å². The first-order valence-electron chi connectivity index (χ1n) is 6.85. The molecule has 1 aromatic heterocycles. The number of pyridine rings is 1. The predicted octanol–water partition coefficient (Wildman–Crippen LogP) is 4.17.